The molecule has 1 unspecified atom stereocenters. The van der Waals surface area contributed by atoms with E-state index in [0.29, 0.717) is 13.0 Å². The van der Waals surface area contributed by atoms with Crippen LogP contribution in [0.15, 0.2) is 0 Å². The van der Waals surface area contributed by atoms with Crippen molar-refractivity contribution in [3.63, 3.8) is 0 Å². The second-order valence-corrected chi connectivity index (χ2v) is 5.06. The Morgan fingerprint density at radius 3 is 2.53 bits per heavy atom. The van der Waals surface area contributed by atoms with Crippen LogP contribution in [0.25, 0.3) is 0 Å². The fourth-order valence-electron chi connectivity index (χ4n) is 1.64. The second kappa shape index (κ2) is 5.35. The molecule has 0 bridgehead atoms. The van der Waals surface area contributed by atoms with Gasteiger partial charge in [-0.25, -0.2) is 4.79 Å². The van der Waals surface area contributed by atoms with Crippen LogP contribution in [0, 0.1) is 0 Å². The molecule has 1 aliphatic heterocycles. The molecule has 0 aromatic heterocycles. The SMILES string of the molecule is COC(=O)C1C[C@@H](NC(=O)OC(C)(C)C)CN1. The van der Waals surface area contributed by atoms with Crippen molar-refractivity contribution in [1.82, 2.24) is 10.6 Å². The molecule has 0 aromatic carbocycles. The molecule has 1 saturated heterocycles. The Bertz CT molecular complexity index is 298. The zero-order valence-electron chi connectivity index (χ0n) is 10.7. The van der Waals surface area contributed by atoms with E-state index in [2.05, 4.69) is 15.4 Å². The quantitative estimate of drug-likeness (QED) is 0.688. The smallest absolute Gasteiger partial charge is 0.407 e. The molecule has 98 valence electrons. The monoisotopic (exact) mass is 244 g/mol. The molecule has 1 amide bonds. The maximum Gasteiger partial charge on any atom is 0.407 e. The topological polar surface area (TPSA) is 76.7 Å². The first-order valence-corrected chi connectivity index (χ1v) is 5.62. The van der Waals surface area contributed by atoms with Gasteiger partial charge in [0.15, 0.2) is 0 Å². The molecule has 1 fully saturated rings. The van der Waals surface area contributed by atoms with E-state index in [1.807, 2.05) is 0 Å². The third-order valence-corrected chi connectivity index (χ3v) is 2.34. The van der Waals surface area contributed by atoms with Crippen molar-refractivity contribution in [1.29, 1.82) is 0 Å². The van der Waals surface area contributed by atoms with Crippen molar-refractivity contribution in [2.45, 2.75) is 44.9 Å². The maximum absolute atomic E-state index is 11.5. The van der Waals surface area contributed by atoms with Gasteiger partial charge in [0.25, 0.3) is 0 Å². The van der Waals surface area contributed by atoms with Gasteiger partial charge in [0.05, 0.1) is 7.11 Å². The van der Waals surface area contributed by atoms with E-state index in [-0.39, 0.29) is 18.1 Å². The van der Waals surface area contributed by atoms with Crippen molar-refractivity contribution >= 4 is 12.1 Å². The lowest BCUT2D eigenvalue weighted by Crippen LogP contribution is -2.40. The highest BCUT2D eigenvalue weighted by molar-refractivity contribution is 5.76. The van der Waals surface area contributed by atoms with E-state index >= 15 is 0 Å². The molecule has 2 atom stereocenters. The predicted molar refractivity (Wildman–Crippen MR) is 61.6 cm³/mol. The number of methoxy groups -OCH3 is 1. The van der Waals surface area contributed by atoms with Gasteiger partial charge in [-0.1, -0.05) is 0 Å². The van der Waals surface area contributed by atoms with Crippen molar-refractivity contribution in [3.8, 4) is 0 Å². The fraction of sp³-hybridized carbons (Fsp3) is 0.818. The van der Waals surface area contributed by atoms with Gasteiger partial charge in [-0.2, -0.15) is 0 Å². The van der Waals surface area contributed by atoms with Crippen molar-refractivity contribution < 1.29 is 19.1 Å². The summed E-state index contributed by atoms with van der Waals surface area (Å²) in [5, 5.41) is 5.69. The molecule has 0 aromatic rings. The van der Waals surface area contributed by atoms with Crippen LogP contribution in [0.2, 0.25) is 0 Å². The number of nitrogens with one attached hydrogen (secondary N) is 2. The molecule has 2 N–H and O–H groups in total. The Kier molecular flexibility index (Phi) is 4.34. The number of ether oxygens (including phenoxy) is 2. The van der Waals surface area contributed by atoms with Gasteiger partial charge >= 0.3 is 12.1 Å². The van der Waals surface area contributed by atoms with Crippen molar-refractivity contribution in [3.05, 3.63) is 0 Å². The van der Waals surface area contributed by atoms with Gasteiger partial charge < -0.3 is 20.1 Å². The summed E-state index contributed by atoms with van der Waals surface area (Å²) in [7, 11) is 1.35. The Hall–Kier alpha value is -1.30. The summed E-state index contributed by atoms with van der Waals surface area (Å²) in [5.41, 5.74) is -0.516. The summed E-state index contributed by atoms with van der Waals surface area (Å²) in [6.07, 6.45) is 0.0566. The molecular weight excluding hydrogens is 224 g/mol. The van der Waals surface area contributed by atoms with Crippen LogP contribution in [0.1, 0.15) is 27.2 Å². The first-order valence-electron chi connectivity index (χ1n) is 5.62. The van der Waals surface area contributed by atoms with Gasteiger partial charge in [-0.3, -0.25) is 4.79 Å². The number of carbonyl (C=O) groups is 2. The first kappa shape index (κ1) is 13.8. The number of carbonyl (C=O) groups excluding carboxylic acids is 2. The third-order valence-electron chi connectivity index (χ3n) is 2.34. The molecule has 0 spiro atoms. The molecule has 0 saturated carbocycles. The highest BCUT2D eigenvalue weighted by Crippen LogP contribution is 2.10. The molecule has 0 radical (unpaired) electrons. The maximum atomic E-state index is 11.5. The van der Waals surface area contributed by atoms with Crippen LogP contribution in [0.5, 0.6) is 0 Å². The van der Waals surface area contributed by atoms with Crippen LogP contribution in [0.3, 0.4) is 0 Å². The molecule has 1 aliphatic rings. The molecule has 1 rings (SSSR count). The number of amides is 1. The lowest BCUT2D eigenvalue weighted by atomic mass is 10.2. The molecule has 0 aliphatic carbocycles. The summed E-state index contributed by atoms with van der Waals surface area (Å²) in [5.74, 6) is -0.307. The van der Waals surface area contributed by atoms with E-state index < -0.39 is 11.7 Å². The van der Waals surface area contributed by atoms with Gasteiger partial charge in [-0.15, -0.1) is 0 Å². The molecule has 6 nitrogen and oxygen atoms in total. The van der Waals surface area contributed by atoms with E-state index in [4.69, 9.17) is 4.74 Å². The van der Waals surface area contributed by atoms with Crippen LogP contribution >= 0.6 is 0 Å². The number of rotatable bonds is 2. The number of esters is 1. The average Bonchev–Trinajstić information content (AvgIpc) is 2.62. The molecule has 1 heterocycles. The summed E-state index contributed by atoms with van der Waals surface area (Å²) in [6, 6.07) is -0.450. The van der Waals surface area contributed by atoms with Crippen molar-refractivity contribution in [2.75, 3.05) is 13.7 Å². The predicted octanol–water partition coefficient (Wildman–Crippen LogP) is 0.415. The summed E-state index contributed by atoms with van der Waals surface area (Å²) >= 11 is 0. The minimum atomic E-state index is -0.516. The number of alkyl carbamates (subject to hydrolysis) is 1. The summed E-state index contributed by atoms with van der Waals surface area (Å²) in [6.45, 7) is 5.95. The fourth-order valence-corrected chi connectivity index (χ4v) is 1.64. The van der Waals surface area contributed by atoms with Gasteiger partial charge in [0, 0.05) is 12.6 Å². The highest BCUT2D eigenvalue weighted by Gasteiger charge is 2.31. The normalized spacial score (nSPS) is 24.2. The Balaban J connectivity index is 2.35. The lowest BCUT2D eigenvalue weighted by molar-refractivity contribution is -0.142. The standard InChI is InChI=1S/C11H20N2O4/c1-11(2,3)17-10(15)13-7-5-8(12-6-7)9(14)16-4/h7-8,12H,5-6H2,1-4H3,(H,13,15)/t7-,8?/m1/s1. The summed E-state index contributed by atoms with van der Waals surface area (Å²) in [4.78, 5) is 22.7. The Labute approximate surface area is 101 Å². The minimum Gasteiger partial charge on any atom is -0.468 e. The van der Waals surface area contributed by atoms with Gasteiger partial charge in [0.1, 0.15) is 11.6 Å². The lowest BCUT2D eigenvalue weighted by Gasteiger charge is -2.21. The Morgan fingerprint density at radius 1 is 1.35 bits per heavy atom. The number of hydrogen-bond donors (Lipinski definition) is 2. The second-order valence-electron chi connectivity index (χ2n) is 5.06. The zero-order chi connectivity index (χ0) is 13.1. The zero-order valence-corrected chi connectivity index (χ0v) is 10.7. The summed E-state index contributed by atoms with van der Waals surface area (Å²) < 4.78 is 9.75. The van der Waals surface area contributed by atoms with Crippen LogP contribution in [0.4, 0.5) is 4.79 Å². The van der Waals surface area contributed by atoms with Crippen LogP contribution in [-0.4, -0.2) is 43.4 Å². The molecule has 17 heavy (non-hydrogen) atoms. The average molecular weight is 244 g/mol. The highest BCUT2D eigenvalue weighted by atomic mass is 16.6. The molecule has 6 heteroatoms. The van der Waals surface area contributed by atoms with E-state index in [9.17, 15) is 9.59 Å². The van der Waals surface area contributed by atoms with Crippen LogP contribution < -0.4 is 10.6 Å². The van der Waals surface area contributed by atoms with E-state index in [1.165, 1.54) is 7.11 Å². The van der Waals surface area contributed by atoms with Gasteiger partial charge in [0.2, 0.25) is 0 Å². The number of hydrogen-bond acceptors (Lipinski definition) is 5. The van der Waals surface area contributed by atoms with E-state index in [1.54, 1.807) is 20.8 Å². The third kappa shape index (κ3) is 4.60. The first-order chi connectivity index (χ1) is 7.81. The Morgan fingerprint density at radius 2 is 2.00 bits per heavy atom. The molecular formula is C11H20N2O4. The van der Waals surface area contributed by atoms with Crippen LogP contribution in [-0.2, 0) is 14.3 Å². The van der Waals surface area contributed by atoms with Crippen molar-refractivity contribution in [2.24, 2.45) is 0 Å². The van der Waals surface area contributed by atoms with Gasteiger partial charge in [-0.05, 0) is 27.2 Å². The van der Waals surface area contributed by atoms with E-state index in [0.717, 1.165) is 0 Å². The minimum absolute atomic E-state index is 0.103. The largest absolute Gasteiger partial charge is 0.468 e.